The lowest BCUT2D eigenvalue weighted by atomic mass is 9.98. The third-order valence-electron chi connectivity index (χ3n) is 5.60. The zero-order chi connectivity index (χ0) is 22.7. The molecule has 0 aliphatic carbocycles. The summed E-state index contributed by atoms with van der Waals surface area (Å²) in [6.45, 7) is 2.00. The minimum absolute atomic E-state index is 0.0548. The first-order valence-electron chi connectivity index (χ1n) is 10.4. The molecule has 0 unspecified atom stereocenters. The van der Waals surface area contributed by atoms with Crippen LogP contribution in [0.15, 0.2) is 66.7 Å². The van der Waals surface area contributed by atoms with Crippen molar-refractivity contribution in [3.63, 3.8) is 0 Å². The quantitative estimate of drug-likeness (QED) is 0.480. The van der Waals surface area contributed by atoms with Gasteiger partial charge in [-0.05, 0) is 39.9 Å². The SMILES string of the molecule is O=C(O)CCNCc1ccc2c(c1)CN(c1ccc(-c3ccccc3)c(C(F)(F)F)c1)C2. The Balaban J connectivity index is 1.53. The molecule has 1 aliphatic rings. The maximum Gasteiger partial charge on any atom is 0.417 e. The minimum atomic E-state index is -4.46. The van der Waals surface area contributed by atoms with Crippen LogP contribution >= 0.6 is 0 Å². The van der Waals surface area contributed by atoms with Crippen LogP contribution in [0.4, 0.5) is 18.9 Å². The number of anilines is 1. The van der Waals surface area contributed by atoms with Crippen molar-refractivity contribution >= 4 is 11.7 Å². The molecule has 3 aromatic rings. The molecule has 0 atom stereocenters. The number of hydrogen-bond acceptors (Lipinski definition) is 3. The maximum absolute atomic E-state index is 13.9. The molecule has 0 amide bonds. The molecule has 0 saturated heterocycles. The van der Waals surface area contributed by atoms with Crippen molar-refractivity contribution in [1.29, 1.82) is 0 Å². The van der Waals surface area contributed by atoms with E-state index in [0.29, 0.717) is 37.4 Å². The fourth-order valence-electron chi connectivity index (χ4n) is 4.00. The van der Waals surface area contributed by atoms with Crippen LogP contribution in [0, 0.1) is 0 Å². The van der Waals surface area contributed by atoms with E-state index in [2.05, 4.69) is 5.32 Å². The van der Waals surface area contributed by atoms with Crippen LogP contribution in [-0.4, -0.2) is 17.6 Å². The number of rotatable bonds is 7. The molecule has 0 fully saturated rings. The second kappa shape index (κ2) is 9.04. The van der Waals surface area contributed by atoms with Gasteiger partial charge in [-0.15, -0.1) is 0 Å². The first-order chi connectivity index (χ1) is 15.3. The van der Waals surface area contributed by atoms with E-state index in [1.807, 2.05) is 23.1 Å². The average Bonchev–Trinajstić information content (AvgIpc) is 3.20. The van der Waals surface area contributed by atoms with E-state index in [1.54, 1.807) is 42.5 Å². The first kappa shape index (κ1) is 21.9. The van der Waals surface area contributed by atoms with E-state index in [4.69, 9.17) is 5.11 Å². The summed E-state index contributed by atoms with van der Waals surface area (Å²) in [6.07, 6.45) is -4.40. The maximum atomic E-state index is 13.9. The molecular formula is C25H23F3N2O2. The molecule has 1 heterocycles. The van der Waals surface area contributed by atoms with Crippen molar-refractivity contribution in [2.45, 2.75) is 32.2 Å². The standard InChI is InChI=1S/C25H23F3N2O2/c26-25(27,28)23-13-21(8-9-22(23)18-4-2-1-3-5-18)30-15-19-7-6-17(12-20(19)16-30)14-29-11-10-24(31)32/h1-9,12-13,29H,10-11,14-16H2,(H,31,32). The highest BCUT2D eigenvalue weighted by Crippen LogP contribution is 2.40. The van der Waals surface area contributed by atoms with Gasteiger partial charge in [0, 0.05) is 31.9 Å². The van der Waals surface area contributed by atoms with Gasteiger partial charge in [-0.25, -0.2) is 0 Å². The lowest BCUT2D eigenvalue weighted by Crippen LogP contribution is -2.17. The zero-order valence-corrected chi connectivity index (χ0v) is 17.3. The molecule has 7 heteroatoms. The van der Waals surface area contributed by atoms with Crippen molar-refractivity contribution in [2.24, 2.45) is 0 Å². The predicted octanol–water partition coefficient (Wildman–Crippen LogP) is 5.46. The van der Waals surface area contributed by atoms with Gasteiger partial charge >= 0.3 is 12.1 Å². The lowest BCUT2D eigenvalue weighted by molar-refractivity contribution is -0.137. The Morgan fingerprint density at radius 3 is 2.44 bits per heavy atom. The summed E-state index contributed by atoms with van der Waals surface area (Å²) in [4.78, 5) is 12.5. The summed E-state index contributed by atoms with van der Waals surface area (Å²) < 4.78 is 41.6. The summed E-state index contributed by atoms with van der Waals surface area (Å²) in [6, 6.07) is 19.1. The Hall–Kier alpha value is -3.32. The fraction of sp³-hybridized carbons (Fsp3) is 0.240. The molecule has 166 valence electrons. The molecule has 0 spiro atoms. The lowest BCUT2D eigenvalue weighted by Gasteiger charge is -2.21. The highest BCUT2D eigenvalue weighted by Gasteiger charge is 2.34. The third-order valence-corrected chi connectivity index (χ3v) is 5.60. The number of halogens is 3. The van der Waals surface area contributed by atoms with Gasteiger partial charge in [-0.2, -0.15) is 13.2 Å². The van der Waals surface area contributed by atoms with Gasteiger partial charge < -0.3 is 15.3 Å². The molecule has 2 N–H and O–H groups in total. The summed E-state index contributed by atoms with van der Waals surface area (Å²) >= 11 is 0. The number of aliphatic carboxylic acids is 1. The largest absolute Gasteiger partial charge is 0.481 e. The van der Waals surface area contributed by atoms with E-state index < -0.39 is 17.7 Å². The first-order valence-corrected chi connectivity index (χ1v) is 10.4. The van der Waals surface area contributed by atoms with Crippen LogP contribution in [-0.2, 0) is 30.6 Å². The number of nitrogens with zero attached hydrogens (tertiary/aromatic N) is 1. The van der Waals surface area contributed by atoms with Gasteiger partial charge in [0.2, 0.25) is 0 Å². The smallest absolute Gasteiger partial charge is 0.417 e. The normalized spacial score (nSPS) is 13.3. The number of fused-ring (bicyclic) bond motifs is 1. The van der Waals surface area contributed by atoms with Crippen molar-refractivity contribution in [3.8, 4) is 11.1 Å². The van der Waals surface area contributed by atoms with Crippen molar-refractivity contribution in [3.05, 3.63) is 89.0 Å². The average molecular weight is 440 g/mol. The Bertz CT molecular complexity index is 1110. The number of benzene rings is 3. The van der Waals surface area contributed by atoms with E-state index in [9.17, 15) is 18.0 Å². The molecule has 4 nitrogen and oxygen atoms in total. The van der Waals surface area contributed by atoms with Gasteiger partial charge in [-0.3, -0.25) is 4.79 Å². The summed E-state index contributed by atoms with van der Waals surface area (Å²) in [5, 5.41) is 11.8. The summed E-state index contributed by atoms with van der Waals surface area (Å²) in [5.74, 6) is -0.849. The fourth-order valence-corrected chi connectivity index (χ4v) is 4.00. The number of hydrogen-bond donors (Lipinski definition) is 2. The molecule has 3 aromatic carbocycles. The molecule has 32 heavy (non-hydrogen) atoms. The molecular weight excluding hydrogens is 417 g/mol. The molecule has 1 aliphatic heterocycles. The van der Waals surface area contributed by atoms with Gasteiger partial charge in [0.1, 0.15) is 0 Å². The Morgan fingerprint density at radius 1 is 0.969 bits per heavy atom. The third kappa shape index (κ3) is 4.94. The summed E-state index contributed by atoms with van der Waals surface area (Å²) in [7, 11) is 0. The van der Waals surface area contributed by atoms with E-state index in [0.717, 1.165) is 16.7 Å². The van der Waals surface area contributed by atoms with Crippen molar-refractivity contribution in [2.75, 3.05) is 11.4 Å². The van der Waals surface area contributed by atoms with Crippen LogP contribution < -0.4 is 10.2 Å². The van der Waals surface area contributed by atoms with Gasteiger partial charge in [0.15, 0.2) is 0 Å². The summed E-state index contributed by atoms with van der Waals surface area (Å²) in [5.41, 5.74) is 3.79. The number of carboxylic acids is 1. The van der Waals surface area contributed by atoms with Gasteiger partial charge in [-0.1, -0.05) is 54.6 Å². The number of alkyl halides is 3. The monoisotopic (exact) mass is 440 g/mol. The van der Waals surface area contributed by atoms with Gasteiger partial charge in [0.05, 0.1) is 12.0 Å². The van der Waals surface area contributed by atoms with Crippen molar-refractivity contribution < 1.29 is 23.1 Å². The van der Waals surface area contributed by atoms with Crippen LogP contribution in [0.25, 0.3) is 11.1 Å². The van der Waals surface area contributed by atoms with Crippen LogP contribution in [0.2, 0.25) is 0 Å². The minimum Gasteiger partial charge on any atom is -0.481 e. The Morgan fingerprint density at radius 2 is 1.72 bits per heavy atom. The highest BCUT2D eigenvalue weighted by atomic mass is 19.4. The molecule has 0 aromatic heterocycles. The topological polar surface area (TPSA) is 52.6 Å². The molecule has 0 saturated carbocycles. The van der Waals surface area contributed by atoms with Crippen molar-refractivity contribution in [1.82, 2.24) is 5.32 Å². The Kier molecular flexibility index (Phi) is 6.19. The van der Waals surface area contributed by atoms with Crippen LogP contribution in [0.5, 0.6) is 0 Å². The number of nitrogens with one attached hydrogen (secondary N) is 1. The number of carbonyl (C=O) groups is 1. The predicted molar refractivity (Wildman–Crippen MR) is 117 cm³/mol. The van der Waals surface area contributed by atoms with E-state index in [1.165, 1.54) is 6.07 Å². The van der Waals surface area contributed by atoms with Gasteiger partial charge in [0.25, 0.3) is 0 Å². The molecule has 0 radical (unpaired) electrons. The number of carboxylic acid groups (broad SMARTS) is 1. The molecule has 4 rings (SSSR count). The Labute approximate surface area is 184 Å². The second-order valence-electron chi connectivity index (χ2n) is 7.87. The highest BCUT2D eigenvalue weighted by molar-refractivity contribution is 5.72. The van der Waals surface area contributed by atoms with Crippen LogP contribution in [0.1, 0.15) is 28.7 Å². The van der Waals surface area contributed by atoms with Crippen LogP contribution in [0.3, 0.4) is 0 Å². The second-order valence-corrected chi connectivity index (χ2v) is 7.87. The zero-order valence-electron chi connectivity index (χ0n) is 17.3. The molecule has 0 bridgehead atoms. The van der Waals surface area contributed by atoms with E-state index in [-0.39, 0.29) is 12.0 Å². The van der Waals surface area contributed by atoms with E-state index >= 15 is 0 Å².